The molecule has 4 nitrogen and oxygen atoms in total. The van der Waals surface area contributed by atoms with Crippen LogP contribution in [0.25, 0.3) is 0 Å². The summed E-state index contributed by atoms with van der Waals surface area (Å²) in [6.07, 6.45) is 0.909. The van der Waals surface area contributed by atoms with E-state index in [2.05, 4.69) is 0 Å². The predicted molar refractivity (Wildman–Crippen MR) is 75.9 cm³/mol. The molecule has 0 fully saturated rings. The maximum absolute atomic E-state index is 11.5. The molecule has 20 heavy (non-hydrogen) atoms. The smallest absolute Gasteiger partial charge is 0.306 e. The van der Waals surface area contributed by atoms with Crippen molar-refractivity contribution in [2.75, 3.05) is 0 Å². The van der Waals surface area contributed by atoms with E-state index < -0.39 is 5.60 Å². The molecule has 0 aromatic heterocycles. The first-order valence-corrected chi connectivity index (χ1v) is 6.78. The zero-order valence-electron chi connectivity index (χ0n) is 12.3. The van der Waals surface area contributed by atoms with Crippen LogP contribution in [0.3, 0.4) is 0 Å². The highest BCUT2D eigenvalue weighted by atomic mass is 16.6. The Hall–Kier alpha value is -1.84. The molecule has 4 heteroatoms. The summed E-state index contributed by atoms with van der Waals surface area (Å²) >= 11 is 0. The fraction of sp³-hybridized carbons (Fsp3) is 0.500. The summed E-state index contributed by atoms with van der Waals surface area (Å²) < 4.78 is 10.3. The Labute approximate surface area is 120 Å². The van der Waals surface area contributed by atoms with Crippen LogP contribution < -0.4 is 0 Å². The number of hydrogen-bond donors (Lipinski definition) is 0. The molecule has 0 aliphatic carbocycles. The molecule has 0 aliphatic heterocycles. The summed E-state index contributed by atoms with van der Waals surface area (Å²) in [7, 11) is 0. The average Bonchev–Trinajstić information content (AvgIpc) is 2.35. The van der Waals surface area contributed by atoms with E-state index >= 15 is 0 Å². The second-order valence-corrected chi connectivity index (χ2v) is 5.59. The summed E-state index contributed by atoms with van der Waals surface area (Å²) in [5, 5.41) is 0. The van der Waals surface area contributed by atoms with Gasteiger partial charge in [0, 0.05) is 12.8 Å². The van der Waals surface area contributed by atoms with Gasteiger partial charge in [-0.15, -0.1) is 0 Å². The van der Waals surface area contributed by atoms with Crippen molar-refractivity contribution < 1.29 is 19.1 Å². The second kappa shape index (κ2) is 7.68. The first-order valence-electron chi connectivity index (χ1n) is 6.78. The van der Waals surface area contributed by atoms with Gasteiger partial charge >= 0.3 is 11.9 Å². The minimum atomic E-state index is -0.481. The lowest BCUT2D eigenvalue weighted by Gasteiger charge is -2.19. The van der Waals surface area contributed by atoms with Gasteiger partial charge in [-0.05, 0) is 32.8 Å². The topological polar surface area (TPSA) is 52.6 Å². The SMILES string of the molecule is CC(C)(C)OC(=O)CCCC(=O)OCc1ccccc1. The largest absolute Gasteiger partial charge is 0.461 e. The molecule has 0 saturated carbocycles. The van der Waals surface area contributed by atoms with Crippen molar-refractivity contribution in [3.8, 4) is 0 Å². The van der Waals surface area contributed by atoms with Crippen LogP contribution in [-0.4, -0.2) is 17.5 Å². The van der Waals surface area contributed by atoms with Gasteiger partial charge in [0.15, 0.2) is 0 Å². The van der Waals surface area contributed by atoms with E-state index in [4.69, 9.17) is 9.47 Å². The molecule has 0 heterocycles. The van der Waals surface area contributed by atoms with Gasteiger partial charge in [-0.3, -0.25) is 9.59 Å². The van der Waals surface area contributed by atoms with E-state index in [9.17, 15) is 9.59 Å². The van der Waals surface area contributed by atoms with Crippen molar-refractivity contribution in [1.82, 2.24) is 0 Å². The van der Waals surface area contributed by atoms with Gasteiger partial charge in [0.2, 0.25) is 0 Å². The zero-order valence-corrected chi connectivity index (χ0v) is 12.3. The van der Waals surface area contributed by atoms with Crippen LogP contribution in [0, 0.1) is 0 Å². The van der Waals surface area contributed by atoms with E-state index in [-0.39, 0.29) is 31.4 Å². The lowest BCUT2D eigenvalue weighted by Crippen LogP contribution is -2.23. The van der Waals surface area contributed by atoms with E-state index in [1.807, 2.05) is 51.1 Å². The van der Waals surface area contributed by atoms with Gasteiger partial charge in [-0.1, -0.05) is 30.3 Å². The minimum Gasteiger partial charge on any atom is -0.461 e. The highest BCUT2D eigenvalue weighted by molar-refractivity contribution is 5.72. The highest BCUT2D eigenvalue weighted by Gasteiger charge is 2.16. The highest BCUT2D eigenvalue weighted by Crippen LogP contribution is 2.10. The maximum Gasteiger partial charge on any atom is 0.306 e. The van der Waals surface area contributed by atoms with Gasteiger partial charge in [-0.25, -0.2) is 0 Å². The molecule has 0 saturated heterocycles. The number of carbonyl (C=O) groups is 2. The third-order valence-corrected chi connectivity index (χ3v) is 2.42. The normalized spacial score (nSPS) is 10.9. The average molecular weight is 278 g/mol. The number of ether oxygens (including phenoxy) is 2. The zero-order chi connectivity index (χ0) is 15.0. The van der Waals surface area contributed by atoms with Crippen LogP contribution in [0.15, 0.2) is 30.3 Å². The first kappa shape index (κ1) is 16.2. The fourth-order valence-corrected chi connectivity index (χ4v) is 1.58. The first-order chi connectivity index (χ1) is 9.37. The molecule has 0 N–H and O–H groups in total. The number of carbonyl (C=O) groups excluding carboxylic acids is 2. The van der Waals surface area contributed by atoms with Crippen LogP contribution in [-0.2, 0) is 25.7 Å². The summed E-state index contributed by atoms with van der Waals surface area (Å²) in [5.74, 6) is -0.578. The monoisotopic (exact) mass is 278 g/mol. The van der Waals surface area contributed by atoms with Gasteiger partial charge in [0.25, 0.3) is 0 Å². The van der Waals surface area contributed by atoms with Gasteiger partial charge in [-0.2, -0.15) is 0 Å². The maximum atomic E-state index is 11.5. The number of esters is 2. The van der Waals surface area contributed by atoms with Crippen molar-refractivity contribution in [1.29, 1.82) is 0 Å². The van der Waals surface area contributed by atoms with Crippen molar-refractivity contribution in [3.63, 3.8) is 0 Å². The number of hydrogen-bond acceptors (Lipinski definition) is 4. The van der Waals surface area contributed by atoms with Crippen LogP contribution >= 0.6 is 0 Å². The molecule has 0 aliphatic rings. The van der Waals surface area contributed by atoms with E-state index in [0.717, 1.165) is 5.56 Å². The molecule has 1 rings (SSSR count). The van der Waals surface area contributed by atoms with Crippen LogP contribution in [0.4, 0.5) is 0 Å². The molecule has 0 unspecified atom stereocenters. The number of benzene rings is 1. The van der Waals surface area contributed by atoms with Crippen LogP contribution in [0.1, 0.15) is 45.6 Å². The standard InChI is InChI=1S/C16H22O4/c1-16(2,3)20-15(18)11-7-10-14(17)19-12-13-8-5-4-6-9-13/h4-6,8-9H,7,10-12H2,1-3H3. The Balaban J connectivity index is 2.16. The lowest BCUT2D eigenvalue weighted by atomic mass is 10.2. The van der Waals surface area contributed by atoms with Crippen LogP contribution in [0.2, 0.25) is 0 Å². The second-order valence-electron chi connectivity index (χ2n) is 5.59. The van der Waals surface area contributed by atoms with E-state index in [1.165, 1.54) is 0 Å². The Bertz CT molecular complexity index is 432. The molecular weight excluding hydrogens is 256 g/mol. The third kappa shape index (κ3) is 7.56. The molecule has 0 amide bonds. The van der Waals surface area contributed by atoms with Gasteiger partial charge in [0.05, 0.1) is 0 Å². The Morgan fingerprint density at radius 3 is 2.20 bits per heavy atom. The third-order valence-electron chi connectivity index (χ3n) is 2.42. The Morgan fingerprint density at radius 1 is 1.00 bits per heavy atom. The minimum absolute atomic E-state index is 0.228. The summed E-state index contributed by atoms with van der Waals surface area (Å²) in [6, 6.07) is 9.49. The van der Waals surface area contributed by atoms with E-state index in [0.29, 0.717) is 6.42 Å². The summed E-state index contributed by atoms with van der Waals surface area (Å²) in [6.45, 7) is 5.73. The Kier molecular flexibility index (Phi) is 6.22. The van der Waals surface area contributed by atoms with Crippen LogP contribution in [0.5, 0.6) is 0 Å². The predicted octanol–water partition coefficient (Wildman–Crippen LogP) is 3.24. The molecule has 1 aromatic carbocycles. The molecular formula is C16H22O4. The quantitative estimate of drug-likeness (QED) is 0.750. The van der Waals surface area contributed by atoms with Gasteiger partial charge in [0.1, 0.15) is 12.2 Å². The molecule has 110 valence electrons. The molecule has 0 spiro atoms. The molecule has 0 atom stereocenters. The fourth-order valence-electron chi connectivity index (χ4n) is 1.58. The van der Waals surface area contributed by atoms with Gasteiger partial charge < -0.3 is 9.47 Å². The van der Waals surface area contributed by atoms with Crippen molar-refractivity contribution in [2.45, 2.75) is 52.2 Å². The van der Waals surface area contributed by atoms with Crippen molar-refractivity contribution >= 4 is 11.9 Å². The number of rotatable bonds is 6. The lowest BCUT2D eigenvalue weighted by molar-refractivity contribution is -0.155. The summed E-state index contributed by atoms with van der Waals surface area (Å²) in [4.78, 5) is 23.0. The molecule has 0 bridgehead atoms. The van der Waals surface area contributed by atoms with Crippen molar-refractivity contribution in [3.05, 3.63) is 35.9 Å². The summed E-state index contributed by atoms with van der Waals surface area (Å²) in [5.41, 5.74) is 0.471. The Morgan fingerprint density at radius 2 is 1.60 bits per heavy atom. The van der Waals surface area contributed by atoms with Crippen molar-refractivity contribution in [2.24, 2.45) is 0 Å². The molecule has 0 radical (unpaired) electrons. The molecule has 1 aromatic rings. The van der Waals surface area contributed by atoms with E-state index in [1.54, 1.807) is 0 Å².